The Hall–Kier alpha value is -1.99. The van der Waals surface area contributed by atoms with Gasteiger partial charge in [-0.05, 0) is 12.1 Å². The number of aliphatic hydroxyl groups excluding tert-OH is 1. The molecule has 27 heavy (non-hydrogen) atoms. The summed E-state index contributed by atoms with van der Waals surface area (Å²) in [5.41, 5.74) is 0.768. The van der Waals surface area contributed by atoms with Crippen molar-refractivity contribution in [1.29, 1.82) is 0 Å². The molecule has 8 nitrogen and oxygen atoms in total. The van der Waals surface area contributed by atoms with Crippen molar-refractivity contribution in [3.8, 4) is 12.3 Å². The molecule has 0 unspecified atom stereocenters. The van der Waals surface area contributed by atoms with Crippen molar-refractivity contribution in [2.45, 2.75) is 6.29 Å². The highest BCUT2D eigenvalue weighted by atomic mass is 16.6. The van der Waals surface area contributed by atoms with E-state index in [1.165, 1.54) is 24.3 Å². The summed E-state index contributed by atoms with van der Waals surface area (Å²) in [7, 11) is 0. The van der Waals surface area contributed by atoms with Gasteiger partial charge in [0.2, 0.25) is 0 Å². The molecule has 0 aliphatic heterocycles. The average Bonchev–Trinajstić information content (AvgIpc) is 2.68. The van der Waals surface area contributed by atoms with E-state index < -0.39 is 6.29 Å². The molecule has 0 saturated carbocycles. The van der Waals surface area contributed by atoms with Gasteiger partial charge in [0.25, 0.3) is 5.91 Å². The van der Waals surface area contributed by atoms with Crippen LogP contribution in [0.5, 0.6) is 0 Å². The normalized spacial score (nSPS) is 10.7. The smallest absolute Gasteiger partial charge is 0.251 e. The van der Waals surface area contributed by atoms with Gasteiger partial charge < -0.3 is 34.5 Å². The highest BCUT2D eigenvalue weighted by Crippen LogP contribution is 2.10. The van der Waals surface area contributed by atoms with Crippen molar-refractivity contribution in [3.63, 3.8) is 0 Å². The van der Waals surface area contributed by atoms with Gasteiger partial charge in [0.05, 0.1) is 46.2 Å². The van der Waals surface area contributed by atoms with Crippen LogP contribution in [0.25, 0.3) is 0 Å². The van der Waals surface area contributed by atoms with E-state index in [1.54, 1.807) is 0 Å². The molecule has 150 valence electrons. The van der Waals surface area contributed by atoms with Crippen molar-refractivity contribution in [3.05, 3.63) is 35.4 Å². The maximum Gasteiger partial charge on any atom is 0.251 e. The van der Waals surface area contributed by atoms with Crippen LogP contribution in [0.3, 0.4) is 0 Å². The number of hydrogen-bond acceptors (Lipinski definition) is 7. The largest absolute Gasteiger partial charge is 0.377 e. The molecule has 0 atom stereocenters. The number of terminal acetylenes is 1. The first-order chi connectivity index (χ1) is 13.1. The van der Waals surface area contributed by atoms with Crippen LogP contribution in [0.1, 0.15) is 22.2 Å². The quantitative estimate of drug-likeness (QED) is 0.225. The number of nitrogens with one attached hydrogen (secondary N) is 1. The number of benzene rings is 1. The third-order valence-corrected chi connectivity index (χ3v) is 3.30. The Labute approximate surface area is 159 Å². The average molecular weight is 381 g/mol. The van der Waals surface area contributed by atoms with Gasteiger partial charge in [-0.3, -0.25) is 4.79 Å². The molecule has 0 aliphatic carbocycles. The van der Waals surface area contributed by atoms with Gasteiger partial charge in [-0.15, -0.1) is 6.42 Å². The van der Waals surface area contributed by atoms with E-state index in [4.69, 9.17) is 35.6 Å². The highest BCUT2D eigenvalue weighted by molar-refractivity contribution is 5.94. The lowest BCUT2D eigenvalue weighted by atomic mass is 10.1. The van der Waals surface area contributed by atoms with Crippen LogP contribution in [0, 0.1) is 12.3 Å². The summed E-state index contributed by atoms with van der Waals surface area (Å²) in [6.45, 7) is 3.76. The van der Waals surface area contributed by atoms with Crippen molar-refractivity contribution >= 4 is 5.91 Å². The van der Waals surface area contributed by atoms with E-state index in [1.807, 2.05) is 0 Å². The summed E-state index contributed by atoms with van der Waals surface area (Å²) in [5.74, 6) is 2.12. The summed E-state index contributed by atoms with van der Waals surface area (Å²) < 4.78 is 21.0. The molecule has 0 bridgehead atoms. The molecular weight excluding hydrogens is 354 g/mol. The maximum absolute atomic E-state index is 11.9. The van der Waals surface area contributed by atoms with E-state index in [2.05, 4.69) is 11.2 Å². The van der Waals surface area contributed by atoms with Crippen molar-refractivity contribution in [2.75, 3.05) is 59.4 Å². The minimum Gasteiger partial charge on any atom is -0.377 e. The summed E-state index contributed by atoms with van der Waals surface area (Å²) in [6.07, 6.45) is 3.50. The van der Waals surface area contributed by atoms with E-state index in [-0.39, 0.29) is 12.5 Å². The molecule has 0 aliphatic rings. The molecular formula is C19H27NO7. The molecule has 0 spiro atoms. The molecule has 0 heterocycles. The third kappa shape index (κ3) is 11.4. The predicted molar refractivity (Wildman–Crippen MR) is 98.1 cm³/mol. The monoisotopic (exact) mass is 381 g/mol. The van der Waals surface area contributed by atoms with Crippen LogP contribution in [0.15, 0.2) is 24.3 Å². The first kappa shape index (κ1) is 23.0. The van der Waals surface area contributed by atoms with Crippen LogP contribution in [0.2, 0.25) is 0 Å². The second-order valence-corrected chi connectivity index (χ2v) is 5.35. The summed E-state index contributed by atoms with van der Waals surface area (Å²) in [6, 6.07) is 6.04. The molecule has 0 saturated heterocycles. The second-order valence-electron chi connectivity index (χ2n) is 5.35. The summed E-state index contributed by atoms with van der Waals surface area (Å²) in [5, 5.41) is 20.7. The first-order valence-electron chi connectivity index (χ1n) is 8.64. The van der Waals surface area contributed by atoms with Crippen LogP contribution in [0.4, 0.5) is 0 Å². The molecule has 0 fully saturated rings. The number of amides is 1. The fourth-order valence-corrected chi connectivity index (χ4v) is 1.94. The van der Waals surface area contributed by atoms with Crippen LogP contribution < -0.4 is 5.32 Å². The number of rotatable bonds is 15. The highest BCUT2D eigenvalue weighted by Gasteiger charge is 2.07. The van der Waals surface area contributed by atoms with Crippen molar-refractivity contribution in [2.24, 2.45) is 0 Å². The molecule has 3 N–H and O–H groups in total. The van der Waals surface area contributed by atoms with E-state index in [0.717, 1.165) is 0 Å². The van der Waals surface area contributed by atoms with Gasteiger partial charge in [-0.1, -0.05) is 18.1 Å². The van der Waals surface area contributed by atoms with E-state index >= 15 is 0 Å². The Morgan fingerprint density at radius 3 is 1.96 bits per heavy atom. The zero-order valence-electron chi connectivity index (χ0n) is 15.3. The summed E-state index contributed by atoms with van der Waals surface area (Å²) in [4.78, 5) is 11.9. The predicted octanol–water partition coefficient (Wildman–Crippen LogP) is 0.0992. The number of carbonyl (C=O) groups is 1. The topological polar surface area (TPSA) is 106 Å². The lowest BCUT2D eigenvalue weighted by molar-refractivity contribution is -0.0425. The Balaban J connectivity index is 1.92. The molecule has 1 amide bonds. The molecule has 0 aromatic heterocycles. The summed E-state index contributed by atoms with van der Waals surface area (Å²) >= 11 is 0. The lowest BCUT2D eigenvalue weighted by Crippen LogP contribution is -2.27. The number of carbonyl (C=O) groups excluding carboxylic acids is 1. The fraction of sp³-hybridized carbons (Fsp3) is 0.526. The van der Waals surface area contributed by atoms with Crippen molar-refractivity contribution < 1.29 is 34.0 Å². The van der Waals surface area contributed by atoms with E-state index in [9.17, 15) is 4.79 Å². The first-order valence-corrected chi connectivity index (χ1v) is 8.64. The maximum atomic E-state index is 11.9. The third-order valence-electron chi connectivity index (χ3n) is 3.30. The van der Waals surface area contributed by atoms with Gasteiger partial charge in [0, 0.05) is 17.7 Å². The van der Waals surface area contributed by atoms with Crippen LogP contribution in [-0.2, 0) is 18.9 Å². The van der Waals surface area contributed by atoms with Crippen molar-refractivity contribution in [1.82, 2.24) is 5.32 Å². The van der Waals surface area contributed by atoms with Gasteiger partial charge in [0.1, 0.15) is 6.61 Å². The minimum atomic E-state index is -1.54. The molecule has 1 rings (SSSR count). The van der Waals surface area contributed by atoms with Gasteiger partial charge in [-0.25, -0.2) is 0 Å². The van der Waals surface area contributed by atoms with Crippen LogP contribution in [-0.4, -0.2) is 75.5 Å². The number of ether oxygens (including phenoxy) is 4. The van der Waals surface area contributed by atoms with Gasteiger partial charge in [-0.2, -0.15) is 0 Å². The SMILES string of the molecule is C#CCOCCOCCOCCOCCNC(=O)c1ccc(C(O)O)cc1. The van der Waals surface area contributed by atoms with Crippen LogP contribution >= 0.6 is 0 Å². The number of hydrogen-bond donors (Lipinski definition) is 3. The van der Waals surface area contributed by atoms with E-state index in [0.29, 0.717) is 63.9 Å². The Bertz CT molecular complexity index is 554. The molecule has 8 heteroatoms. The standard InChI is InChI=1S/C19H27NO7/c1-2-8-24-10-12-26-14-15-27-13-11-25-9-7-20-18(21)16-3-5-17(6-4-16)19(22)23/h1,3-6,19,22-23H,7-15H2,(H,20,21). The minimum absolute atomic E-state index is 0.253. The second kappa shape index (κ2) is 15.1. The van der Waals surface area contributed by atoms with Gasteiger partial charge in [0.15, 0.2) is 6.29 Å². The molecule has 0 radical (unpaired) electrons. The Kier molecular flexibility index (Phi) is 12.9. The number of aliphatic hydroxyl groups is 2. The Morgan fingerprint density at radius 1 is 0.926 bits per heavy atom. The van der Waals surface area contributed by atoms with Gasteiger partial charge >= 0.3 is 0 Å². The Morgan fingerprint density at radius 2 is 1.44 bits per heavy atom. The lowest BCUT2D eigenvalue weighted by Gasteiger charge is -2.08. The zero-order valence-corrected chi connectivity index (χ0v) is 15.3. The molecule has 1 aromatic rings. The molecule has 1 aromatic carbocycles. The zero-order chi connectivity index (χ0) is 19.7. The fourth-order valence-electron chi connectivity index (χ4n) is 1.94.